The third kappa shape index (κ3) is 1.71. The van der Waals surface area contributed by atoms with Crippen molar-refractivity contribution >= 4 is 6.09 Å². The quantitative estimate of drug-likeness (QED) is 0.723. The summed E-state index contributed by atoms with van der Waals surface area (Å²) in [5.41, 5.74) is 5.31. The van der Waals surface area contributed by atoms with Crippen LogP contribution in [0.4, 0.5) is 4.79 Å². The van der Waals surface area contributed by atoms with Crippen LogP contribution in [0.2, 0.25) is 0 Å². The lowest BCUT2D eigenvalue weighted by Gasteiger charge is -2.38. The first-order valence-electron chi connectivity index (χ1n) is 5.44. The largest absolute Gasteiger partial charge is 0.443 e. The highest BCUT2D eigenvalue weighted by Crippen LogP contribution is 2.38. The van der Waals surface area contributed by atoms with Crippen molar-refractivity contribution in [3.63, 3.8) is 0 Å². The third-order valence-corrected chi connectivity index (χ3v) is 3.31. The molecule has 4 nitrogen and oxygen atoms in total. The second-order valence-corrected chi connectivity index (χ2v) is 4.28. The van der Waals surface area contributed by atoms with Crippen LogP contribution >= 0.6 is 0 Å². The van der Waals surface area contributed by atoms with E-state index in [1.165, 1.54) is 12.8 Å². The zero-order valence-corrected chi connectivity index (χ0v) is 8.50. The normalized spacial score (nSPS) is 25.5. The molecule has 2 fully saturated rings. The molecule has 1 saturated carbocycles. The molecular formula is C10H18N2O2. The van der Waals surface area contributed by atoms with Crippen molar-refractivity contribution in [2.75, 3.05) is 19.6 Å². The maximum atomic E-state index is 11.6. The molecule has 0 bridgehead atoms. The molecule has 2 rings (SSSR count). The summed E-state index contributed by atoms with van der Waals surface area (Å²) in [7, 11) is 0. The summed E-state index contributed by atoms with van der Waals surface area (Å²) in [6.07, 6.45) is 5.32. The van der Waals surface area contributed by atoms with E-state index in [0.29, 0.717) is 13.1 Å². The molecule has 1 heterocycles. The third-order valence-electron chi connectivity index (χ3n) is 3.31. The molecule has 1 aliphatic heterocycles. The van der Waals surface area contributed by atoms with Gasteiger partial charge in [0.15, 0.2) is 0 Å². The second-order valence-electron chi connectivity index (χ2n) is 4.28. The molecule has 0 aromatic rings. The summed E-state index contributed by atoms with van der Waals surface area (Å²) < 4.78 is 5.53. The Morgan fingerprint density at radius 3 is 2.64 bits per heavy atom. The highest BCUT2D eigenvalue weighted by molar-refractivity contribution is 5.69. The number of carbonyl (C=O) groups excluding carboxylic acids is 1. The van der Waals surface area contributed by atoms with Crippen LogP contribution in [0, 0.1) is 0 Å². The van der Waals surface area contributed by atoms with Gasteiger partial charge in [-0.3, -0.25) is 0 Å². The van der Waals surface area contributed by atoms with Crippen LogP contribution in [0.1, 0.15) is 32.1 Å². The van der Waals surface area contributed by atoms with Crippen molar-refractivity contribution in [1.29, 1.82) is 0 Å². The van der Waals surface area contributed by atoms with Gasteiger partial charge in [0.2, 0.25) is 0 Å². The summed E-state index contributed by atoms with van der Waals surface area (Å²) in [6, 6.07) is 0. The SMILES string of the molecule is NCCN1CCC2(CCCC2)OC1=O. The molecule has 1 aliphatic carbocycles. The molecule has 0 atom stereocenters. The lowest BCUT2D eigenvalue weighted by atomic mass is 9.96. The number of hydrogen-bond donors (Lipinski definition) is 1. The Morgan fingerprint density at radius 1 is 1.36 bits per heavy atom. The van der Waals surface area contributed by atoms with Gasteiger partial charge >= 0.3 is 6.09 Å². The molecule has 1 saturated heterocycles. The van der Waals surface area contributed by atoms with Crippen LogP contribution in [0.3, 0.4) is 0 Å². The van der Waals surface area contributed by atoms with Crippen LogP contribution in [0.5, 0.6) is 0 Å². The van der Waals surface area contributed by atoms with Gasteiger partial charge in [0, 0.05) is 26.1 Å². The van der Waals surface area contributed by atoms with Gasteiger partial charge in [-0.2, -0.15) is 0 Å². The lowest BCUT2D eigenvalue weighted by Crippen LogP contribution is -2.49. The highest BCUT2D eigenvalue weighted by Gasteiger charge is 2.42. The van der Waals surface area contributed by atoms with E-state index in [1.807, 2.05) is 0 Å². The maximum Gasteiger partial charge on any atom is 0.410 e. The number of ether oxygens (including phenoxy) is 1. The Bertz CT molecular complexity index is 224. The Balaban J connectivity index is 1.95. The number of carbonyl (C=O) groups is 1. The van der Waals surface area contributed by atoms with E-state index in [9.17, 15) is 4.79 Å². The molecular weight excluding hydrogens is 180 g/mol. The monoisotopic (exact) mass is 198 g/mol. The molecule has 0 radical (unpaired) electrons. The van der Waals surface area contributed by atoms with Gasteiger partial charge in [-0.1, -0.05) is 0 Å². The fourth-order valence-electron chi connectivity index (χ4n) is 2.46. The first-order valence-corrected chi connectivity index (χ1v) is 5.44. The number of nitrogens with two attached hydrogens (primary N) is 1. The van der Waals surface area contributed by atoms with Crippen molar-refractivity contribution in [3.05, 3.63) is 0 Å². The van der Waals surface area contributed by atoms with E-state index in [1.54, 1.807) is 4.90 Å². The fourth-order valence-corrected chi connectivity index (χ4v) is 2.46. The van der Waals surface area contributed by atoms with E-state index >= 15 is 0 Å². The van der Waals surface area contributed by atoms with Crippen molar-refractivity contribution < 1.29 is 9.53 Å². The minimum Gasteiger partial charge on any atom is -0.443 e. The second kappa shape index (κ2) is 3.77. The average molecular weight is 198 g/mol. The predicted octanol–water partition coefficient (Wildman–Crippen LogP) is 1.10. The molecule has 80 valence electrons. The highest BCUT2D eigenvalue weighted by atomic mass is 16.6. The summed E-state index contributed by atoms with van der Waals surface area (Å²) in [4.78, 5) is 13.3. The molecule has 0 aromatic heterocycles. The number of amides is 1. The molecule has 1 spiro atoms. The minimum atomic E-state index is -0.163. The smallest absolute Gasteiger partial charge is 0.410 e. The lowest BCUT2D eigenvalue weighted by molar-refractivity contribution is -0.0432. The minimum absolute atomic E-state index is 0.109. The molecule has 2 aliphatic rings. The van der Waals surface area contributed by atoms with Gasteiger partial charge in [-0.05, 0) is 25.7 Å². The van der Waals surface area contributed by atoms with E-state index in [4.69, 9.17) is 10.5 Å². The van der Waals surface area contributed by atoms with Crippen LogP contribution < -0.4 is 5.73 Å². The first-order chi connectivity index (χ1) is 6.76. The predicted molar refractivity (Wildman–Crippen MR) is 52.9 cm³/mol. The van der Waals surface area contributed by atoms with Crippen LogP contribution in [0.15, 0.2) is 0 Å². The van der Waals surface area contributed by atoms with Crippen molar-refractivity contribution in [1.82, 2.24) is 4.90 Å². The van der Waals surface area contributed by atoms with E-state index in [-0.39, 0.29) is 11.7 Å². The van der Waals surface area contributed by atoms with E-state index in [2.05, 4.69) is 0 Å². The van der Waals surface area contributed by atoms with Crippen molar-refractivity contribution in [2.24, 2.45) is 5.73 Å². The Labute approximate surface area is 84.4 Å². The molecule has 2 N–H and O–H groups in total. The van der Waals surface area contributed by atoms with E-state index in [0.717, 1.165) is 25.8 Å². The fraction of sp³-hybridized carbons (Fsp3) is 0.900. The van der Waals surface area contributed by atoms with Gasteiger partial charge in [0.1, 0.15) is 5.60 Å². The standard InChI is InChI=1S/C10H18N2O2/c11-6-8-12-7-5-10(14-9(12)13)3-1-2-4-10/h1-8,11H2. The van der Waals surface area contributed by atoms with Crippen LogP contribution in [-0.4, -0.2) is 36.2 Å². The zero-order chi connectivity index (χ0) is 10.0. The van der Waals surface area contributed by atoms with Gasteiger partial charge in [0.05, 0.1) is 0 Å². The molecule has 0 unspecified atom stereocenters. The Morgan fingerprint density at radius 2 is 2.07 bits per heavy atom. The van der Waals surface area contributed by atoms with Gasteiger partial charge in [-0.25, -0.2) is 4.79 Å². The molecule has 0 aromatic carbocycles. The number of hydrogen-bond acceptors (Lipinski definition) is 3. The summed E-state index contributed by atoms with van der Waals surface area (Å²) in [6.45, 7) is 1.95. The van der Waals surface area contributed by atoms with E-state index < -0.39 is 0 Å². The average Bonchev–Trinajstić information content (AvgIpc) is 2.59. The number of rotatable bonds is 2. The van der Waals surface area contributed by atoms with Gasteiger partial charge in [-0.15, -0.1) is 0 Å². The zero-order valence-electron chi connectivity index (χ0n) is 8.50. The topological polar surface area (TPSA) is 55.6 Å². The molecule has 1 amide bonds. The van der Waals surface area contributed by atoms with Crippen molar-refractivity contribution in [2.45, 2.75) is 37.7 Å². The van der Waals surface area contributed by atoms with Gasteiger partial charge < -0.3 is 15.4 Å². The first kappa shape index (κ1) is 9.77. The summed E-state index contributed by atoms with van der Waals surface area (Å²) in [5, 5.41) is 0. The van der Waals surface area contributed by atoms with Crippen LogP contribution in [-0.2, 0) is 4.74 Å². The molecule has 4 heteroatoms. The molecule has 14 heavy (non-hydrogen) atoms. The Hall–Kier alpha value is -0.770. The van der Waals surface area contributed by atoms with Gasteiger partial charge in [0.25, 0.3) is 0 Å². The summed E-state index contributed by atoms with van der Waals surface area (Å²) >= 11 is 0. The Kier molecular flexibility index (Phi) is 2.63. The van der Waals surface area contributed by atoms with Crippen molar-refractivity contribution in [3.8, 4) is 0 Å². The van der Waals surface area contributed by atoms with Crippen LogP contribution in [0.25, 0.3) is 0 Å². The maximum absolute atomic E-state index is 11.6. The number of nitrogens with zero attached hydrogens (tertiary/aromatic N) is 1. The summed E-state index contributed by atoms with van der Waals surface area (Å²) in [5.74, 6) is 0.